The van der Waals surface area contributed by atoms with E-state index in [9.17, 15) is 9.90 Å². The summed E-state index contributed by atoms with van der Waals surface area (Å²) < 4.78 is 4.12. The van der Waals surface area contributed by atoms with Gasteiger partial charge in [-0.15, -0.1) is 0 Å². The number of rotatable bonds is 6. The number of aliphatic hydroxyl groups is 1. The molecule has 156 valence electrons. The van der Waals surface area contributed by atoms with Crippen LogP contribution in [0.4, 0.5) is 11.6 Å². The van der Waals surface area contributed by atoms with Crippen LogP contribution in [0.15, 0.2) is 54.2 Å². The van der Waals surface area contributed by atoms with E-state index in [0.717, 1.165) is 39.6 Å². The molecule has 0 saturated heterocycles. The number of nitrogen functional groups attached to an aromatic ring is 1. The number of nitrogens with two attached hydrogens (primary N) is 1. The largest absolute Gasteiger partial charge is 0.396 e. The molecule has 2 atom stereocenters. The number of nitrogens with one attached hydrogen (secondary N) is 1. The number of fused-ring (bicyclic) bond motifs is 1. The minimum absolute atomic E-state index is 0.0291. The average Bonchev–Trinajstić information content (AvgIpc) is 3.39. The Bertz CT molecular complexity index is 1260. The lowest BCUT2D eigenvalue weighted by Gasteiger charge is -2.11. The zero-order valence-electron chi connectivity index (χ0n) is 16.7. The Morgan fingerprint density at radius 2 is 2.13 bits per heavy atom. The van der Waals surface area contributed by atoms with Crippen LogP contribution >= 0.6 is 11.5 Å². The molecule has 7 nitrogen and oxygen atoms in total. The third kappa shape index (κ3) is 3.87. The van der Waals surface area contributed by atoms with E-state index >= 15 is 0 Å². The van der Waals surface area contributed by atoms with E-state index in [1.807, 2.05) is 48.0 Å². The van der Waals surface area contributed by atoms with Crippen LogP contribution in [0.1, 0.15) is 23.5 Å². The zero-order valence-corrected chi connectivity index (χ0v) is 17.5. The Hall–Kier alpha value is -3.36. The van der Waals surface area contributed by atoms with Gasteiger partial charge in [0.05, 0.1) is 5.69 Å². The van der Waals surface area contributed by atoms with Crippen LogP contribution in [0.5, 0.6) is 0 Å². The first-order valence-electron chi connectivity index (χ1n) is 10.1. The van der Waals surface area contributed by atoms with E-state index in [0.29, 0.717) is 18.1 Å². The molecular formula is C23H21N5O2S. The lowest BCUT2D eigenvalue weighted by atomic mass is 10.0. The van der Waals surface area contributed by atoms with E-state index in [-0.39, 0.29) is 24.3 Å². The van der Waals surface area contributed by atoms with Crippen molar-refractivity contribution in [3.8, 4) is 11.3 Å². The fraction of sp³-hybridized carbons (Fsp3) is 0.217. The van der Waals surface area contributed by atoms with E-state index in [1.54, 1.807) is 6.20 Å². The summed E-state index contributed by atoms with van der Waals surface area (Å²) in [6.07, 6.45) is 4.85. The monoisotopic (exact) mass is 431 g/mol. The molecule has 5 rings (SSSR count). The molecule has 1 amide bonds. The molecule has 1 saturated carbocycles. The highest BCUT2D eigenvalue weighted by Crippen LogP contribution is 2.48. The van der Waals surface area contributed by atoms with Gasteiger partial charge in [-0.3, -0.25) is 4.79 Å². The molecule has 0 spiro atoms. The highest BCUT2D eigenvalue weighted by atomic mass is 32.1. The van der Waals surface area contributed by atoms with Crippen molar-refractivity contribution in [2.45, 2.75) is 18.8 Å². The summed E-state index contributed by atoms with van der Waals surface area (Å²) in [6, 6.07) is 11.6. The third-order valence-electron chi connectivity index (χ3n) is 5.68. The number of amides is 1. The Morgan fingerprint density at radius 1 is 1.26 bits per heavy atom. The summed E-state index contributed by atoms with van der Waals surface area (Å²) in [5.41, 5.74) is 9.99. The molecule has 0 unspecified atom stereocenters. The number of aliphatic hydroxyl groups excluding tert-OH is 1. The first kappa shape index (κ1) is 19.6. The van der Waals surface area contributed by atoms with Crippen molar-refractivity contribution >= 4 is 39.8 Å². The minimum atomic E-state index is -0.0441. The van der Waals surface area contributed by atoms with Crippen molar-refractivity contribution in [3.05, 3.63) is 65.3 Å². The number of aromatic nitrogens is 3. The second-order valence-corrected chi connectivity index (χ2v) is 8.37. The number of nitrogens with zero attached hydrogens (tertiary/aromatic N) is 3. The van der Waals surface area contributed by atoms with E-state index in [2.05, 4.69) is 19.7 Å². The van der Waals surface area contributed by atoms with Gasteiger partial charge in [0.2, 0.25) is 5.91 Å². The molecule has 4 N–H and O–H groups in total. The molecule has 1 aliphatic carbocycles. The number of anilines is 2. The van der Waals surface area contributed by atoms with Gasteiger partial charge >= 0.3 is 0 Å². The molecular weight excluding hydrogens is 410 g/mol. The molecule has 8 heteroatoms. The fourth-order valence-corrected chi connectivity index (χ4v) is 4.56. The van der Waals surface area contributed by atoms with E-state index in [1.165, 1.54) is 11.5 Å². The van der Waals surface area contributed by atoms with Crippen molar-refractivity contribution < 1.29 is 9.90 Å². The van der Waals surface area contributed by atoms with Crippen LogP contribution in [0.2, 0.25) is 0 Å². The van der Waals surface area contributed by atoms with Gasteiger partial charge in [0, 0.05) is 41.2 Å². The van der Waals surface area contributed by atoms with Crippen molar-refractivity contribution in [3.63, 3.8) is 0 Å². The lowest BCUT2D eigenvalue weighted by Crippen LogP contribution is -2.15. The molecule has 4 aromatic rings. The Balaban J connectivity index is 1.42. The first-order chi connectivity index (χ1) is 15.1. The summed E-state index contributed by atoms with van der Waals surface area (Å²) >= 11 is 1.41. The maximum Gasteiger partial charge on any atom is 0.229 e. The smallest absolute Gasteiger partial charge is 0.229 e. The Kier molecular flexibility index (Phi) is 5.09. The van der Waals surface area contributed by atoms with Crippen molar-refractivity contribution in [1.29, 1.82) is 0 Å². The summed E-state index contributed by atoms with van der Waals surface area (Å²) in [5, 5.41) is 15.9. The summed E-state index contributed by atoms with van der Waals surface area (Å²) in [7, 11) is 0. The minimum Gasteiger partial charge on any atom is -0.396 e. The van der Waals surface area contributed by atoms with Crippen LogP contribution in [-0.2, 0) is 11.2 Å². The number of hydrogen-bond donors (Lipinski definition) is 3. The maximum atomic E-state index is 12.7. The summed E-state index contributed by atoms with van der Waals surface area (Å²) in [6.45, 7) is 0.0593. The first-order valence-corrected chi connectivity index (χ1v) is 10.9. The van der Waals surface area contributed by atoms with Gasteiger partial charge in [-0.2, -0.15) is 0 Å². The topological polar surface area (TPSA) is 114 Å². The molecule has 0 radical (unpaired) electrons. The standard InChI is InChI=1S/C23H21N5O2S/c24-22-19-11-25-21(28-23(30)18-9-17(18)15-10-26-31-12-15)8-14(19)7-20(27-22)16-4-2-1-3-13(16)5-6-29/h1-4,7-8,10-12,17-18,29H,5-6,9H2,(H2,24,27)(H,25,28,30)/t17-,18+/m0/s1. The van der Waals surface area contributed by atoms with E-state index < -0.39 is 0 Å². The maximum absolute atomic E-state index is 12.7. The molecule has 3 aromatic heterocycles. The van der Waals surface area contributed by atoms with Crippen molar-refractivity contribution in [1.82, 2.24) is 14.3 Å². The van der Waals surface area contributed by atoms with Gasteiger partial charge in [-0.1, -0.05) is 24.3 Å². The average molecular weight is 432 g/mol. The zero-order chi connectivity index (χ0) is 21.4. The van der Waals surface area contributed by atoms with E-state index in [4.69, 9.17) is 5.73 Å². The van der Waals surface area contributed by atoms with Gasteiger partial charge in [0.25, 0.3) is 0 Å². The second-order valence-electron chi connectivity index (χ2n) is 7.71. The summed E-state index contributed by atoms with van der Waals surface area (Å²) in [4.78, 5) is 21.6. The summed E-state index contributed by atoms with van der Waals surface area (Å²) in [5.74, 6) is 1.04. The third-order valence-corrected chi connectivity index (χ3v) is 6.28. The van der Waals surface area contributed by atoms with Crippen LogP contribution in [0.3, 0.4) is 0 Å². The van der Waals surface area contributed by atoms with Crippen LogP contribution in [-0.4, -0.2) is 32.0 Å². The number of carbonyl (C=O) groups is 1. The normalized spacial score (nSPS) is 17.6. The van der Waals surface area contributed by atoms with Crippen LogP contribution in [0.25, 0.3) is 22.0 Å². The predicted octanol–water partition coefficient (Wildman–Crippen LogP) is 3.61. The van der Waals surface area contributed by atoms with Gasteiger partial charge < -0.3 is 16.2 Å². The lowest BCUT2D eigenvalue weighted by molar-refractivity contribution is -0.117. The fourth-order valence-electron chi connectivity index (χ4n) is 3.96. The SMILES string of the molecule is Nc1nc(-c2ccccc2CCO)cc2cc(NC(=O)[C@@H]3C[C@H]3c3cnsc3)ncc12. The quantitative estimate of drug-likeness (QED) is 0.430. The van der Waals surface area contributed by atoms with Gasteiger partial charge in [-0.25, -0.2) is 14.3 Å². The Morgan fingerprint density at radius 3 is 2.94 bits per heavy atom. The number of hydrogen-bond acceptors (Lipinski definition) is 7. The highest BCUT2D eigenvalue weighted by molar-refractivity contribution is 7.03. The molecule has 3 heterocycles. The van der Waals surface area contributed by atoms with Crippen molar-refractivity contribution in [2.75, 3.05) is 17.7 Å². The van der Waals surface area contributed by atoms with Gasteiger partial charge in [-0.05, 0) is 58.9 Å². The molecule has 1 fully saturated rings. The van der Waals surface area contributed by atoms with Gasteiger partial charge in [0.15, 0.2) is 0 Å². The molecule has 1 aromatic carbocycles. The van der Waals surface area contributed by atoms with Crippen LogP contribution in [0, 0.1) is 5.92 Å². The number of pyridine rings is 2. The second kappa shape index (κ2) is 8.05. The Labute approximate surface area is 183 Å². The predicted molar refractivity (Wildman–Crippen MR) is 122 cm³/mol. The molecule has 31 heavy (non-hydrogen) atoms. The van der Waals surface area contributed by atoms with Gasteiger partial charge in [0.1, 0.15) is 11.6 Å². The van der Waals surface area contributed by atoms with Crippen LogP contribution < -0.4 is 11.1 Å². The highest BCUT2D eigenvalue weighted by Gasteiger charge is 2.44. The number of carbonyl (C=O) groups excluding carboxylic acids is 1. The molecule has 1 aliphatic rings. The van der Waals surface area contributed by atoms with Crippen molar-refractivity contribution in [2.24, 2.45) is 5.92 Å². The molecule has 0 bridgehead atoms. The number of benzene rings is 1. The molecule has 0 aliphatic heterocycles.